The fraction of sp³-hybridized carbons (Fsp3) is 0.750. The van der Waals surface area contributed by atoms with Crippen LogP contribution in [0.5, 0.6) is 0 Å². The van der Waals surface area contributed by atoms with Crippen LogP contribution in [0.25, 0.3) is 0 Å². The van der Waals surface area contributed by atoms with Crippen molar-refractivity contribution in [2.24, 2.45) is 11.3 Å². The van der Waals surface area contributed by atoms with Gasteiger partial charge >= 0.3 is 0 Å². The first-order valence-corrected chi connectivity index (χ1v) is 5.23. The fourth-order valence-corrected chi connectivity index (χ4v) is 1.82. The molecule has 0 saturated heterocycles. The Bertz CT molecular complexity index is 212. The van der Waals surface area contributed by atoms with E-state index in [1.807, 2.05) is 0 Å². The molecule has 0 N–H and O–H groups in total. The summed E-state index contributed by atoms with van der Waals surface area (Å²) in [5.41, 5.74) is -0.364. The van der Waals surface area contributed by atoms with Crippen LogP contribution >= 0.6 is 0 Å². The number of ketones is 1. The number of ether oxygens (including phenoxy) is 1. The molecule has 0 aromatic rings. The smallest absolute Gasteiger partial charge is 0.131 e. The predicted octanol–water partition coefficient (Wildman–Crippen LogP) is 2.43. The van der Waals surface area contributed by atoms with Gasteiger partial charge in [-0.05, 0) is 12.3 Å². The van der Waals surface area contributed by atoms with E-state index in [9.17, 15) is 4.79 Å². The van der Waals surface area contributed by atoms with Gasteiger partial charge in [0, 0.05) is 45.7 Å². The first-order chi connectivity index (χ1) is 6.39. The fourth-order valence-electron chi connectivity index (χ4n) is 1.82. The van der Waals surface area contributed by atoms with Crippen LogP contribution in [-0.4, -0.2) is 18.5 Å². The number of rotatable bonds is 3. The van der Waals surface area contributed by atoms with Crippen molar-refractivity contribution in [3.8, 4) is 0 Å². The van der Waals surface area contributed by atoms with Gasteiger partial charge in [0.1, 0.15) is 5.78 Å². The summed E-state index contributed by atoms with van der Waals surface area (Å²) < 4.78 is 5.65. The zero-order valence-corrected chi connectivity index (χ0v) is 12.6. The molecular formula is C12H20O2Y-2. The number of hydrogen-bond acceptors (Lipinski definition) is 2. The average Bonchev–Trinajstić information content (AvgIpc) is 1.96. The molecule has 0 amide bonds. The quantitative estimate of drug-likeness (QED) is 0.744. The Kier molecular flexibility index (Phi) is 6.78. The van der Waals surface area contributed by atoms with Gasteiger partial charge in [-0.15, -0.1) is 0 Å². The molecule has 0 bridgehead atoms. The van der Waals surface area contributed by atoms with Crippen molar-refractivity contribution in [3.05, 3.63) is 13.8 Å². The van der Waals surface area contributed by atoms with Crippen LogP contribution in [0.2, 0.25) is 0 Å². The van der Waals surface area contributed by atoms with Crippen LogP contribution in [0.1, 0.15) is 33.1 Å². The van der Waals surface area contributed by atoms with Gasteiger partial charge in [0.25, 0.3) is 0 Å². The Morgan fingerprint density at radius 1 is 1.53 bits per heavy atom. The Morgan fingerprint density at radius 3 is 2.60 bits per heavy atom. The molecule has 0 aliphatic heterocycles. The van der Waals surface area contributed by atoms with Crippen molar-refractivity contribution in [2.75, 3.05) is 6.61 Å². The van der Waals surface area contributed by atoms with Gasteiger partial charge in [-0.25, -0.2) is 0 Å². The summed E-state index contributed by atoms with van der Waals surface area (Å²) in [6.07, 6.45) is 1.87. The first-order valence-electron chi connectivity index (χ1n) is 5.23. The minimum absolute atomic E-state index is 0. The Labute approximate surface area is 118 Å². The topological polar surface area (TPSA) is 26.3 Å². The number of hydrogen-bond donors (Lipinski definition) is 0. The standard InChI is InChI=1S/C12H20O2.Y/c1-9(2)8-14-11-5-10(13)6-12(3,4)7-11;/h9,11H,3-8H2,1-2H3;/q-2;. The summed E-state index contributed by atoms with van der Waals surface area (Å²) in [7, 11) is 0. The van der Waals surface area contributed by atoms with Crippen LogP contribution in [0.4, 0.5) is 0 Å². The van der Waals surface area contributed by atoms with E-state index < -0.39 is 0 Å². The molecule has 1 aliphatic rings. The number of Topliss-reactive ketones (excluding diaryl/α,β-unsaturated/α-hetero) is 1. The number of carbonyl (C=O) groups excluding carboxylic acids is 1. The van der Waals surface area contributed by atoms with Crippen molar-refractivity contribution in [1.82, 2.24) is 0 Å². The molecule has 1 radical (unpaired) electrons. The Hall–Kier alpha value is 0.734. The minimum atomic E-state index is -0.364. The van der Waals surface area contributed by atoms with E-state index in [-0.39, 0.29) is 50.0 Å². The summed E-state index contributed by atoms with van der Waals surface area (Å²) in [4.78, 5) is 11.4. The van der Waals surface area contributed by atoms with E-state index in [0.717, 1.165) is 6.42 Å². The van der Waals surface area contributed by atoms with Crippen LogP contribution in [0.3, 0.4) is 0 Å². The van der Waals surface area contributed by atoms with E-state index in [1.165, 1.54) is 0 Å². The predicted molar refractivity (Wildman–Crippen MR) is 56.6 cm³/mol. The zero-order valence-electron chi connectivity index (χ0n) is 9.79. The van der Waals surface area contributed by atoms with Crippen LogP contribution in [0.15, 0.2) is 0 Å². The molecule has 0 spiro atoms. The SMILES string of the molecule is [CH2-]C1([CH2-])CC(=O)CC(OCC(C)C)C1.[Y]. The first kappa shape index (κ1) is 15.7. The summed E-state index contributed by atoms with van der Waals surface area (Å²) in [6, 6.07) is 0. The molecule has 85 valence electrons. The summed E-state index contributed by atoms with van der Waals surface area (Å²) in [5.74, 6) is 0.742. The maximum atomic E-state index is 11.4. The maximum absolute atomic E-state index is 11.4. The van der Waals surface area contributed by atoms with Crippen molar-refractivity contribution in [1.29, 1.82) is 0 Å². The second-order valence-electron chi connectivity index (χ2n) is 4.97. The van der Waals surface area contributed by atoms with Crippen molar-refractivity contribution in [3.63, 3.8) is 0 Å². The molecule has 0 heterocycles. The van der Waals surface area contributed by atoms with E-state index >= 15 is 0 Å². The van der Waals surface area contributed by atoms with Gasteiger partial charge in [0.15, 0.2) is 0 Å². The summed E-state index contributed by atoms with van der Waals surface area (Å²) in [6.45, 7) is 12.8. The molecule has 2 nitrogen and oxygen atoms in total. The van der Waals surface area contributed by atoms with E-state index in [2.05, 4.69) is 27.7 Å². The third-order valence-electron chi connectivity index (χ3n) is 2.35. The molecule has 1 fully saturated rings. The van der Waals surface area contributed by atoms with Crippen molar-refractivity contribution in [2.45, 2.75) is 39.2 Å². The molecule has 1 atom stereocenters. The van der Waals surface area contributed by atoms with Gasteiger partial charge in [0.2, 0.25) is 0 Å². The summed E-state index contributed by atoms with van der Waals surface area (Å²) in [5, 5.41) is 0. The summed E-state index contributed by atoms with van der Waals surface area (Å²) >= 11 is 0. The van der Waals surface area contributed by atoms with E-state index in [0.29, 0.717) is 25.4 Å². The van der Waals surface area contributed by atoms with Gasteiger partial charge in [-0.1, -0.05) is 20.3 Å². The van der Waals surface area contributed by atoms with E-state index in [1.54, 1.807) is 0 Å². The zero-order chi connectivity index (χ0) is 10.8. The molecule has 0 aromatic carbocycles. The van der Waals surface area contributed by atoms with Crippen LogP contribution in [-0.2, 0) is 42.2 Å². The largest absolute Gasteiger partial charge is 0.378 e. The molecule has 1 unspecified atom stereocenters. The molecule has 3 heteroatoms. The average molecular weight is 285 g/mol. The Morgan fingerprint density at radius 2 is 2.13 bits per heavy atom. The van der Waals surface area contributed by atoms with Crippen molar-refractivity contribution >= 4 is 5.78 Å². The van der Waals surface area contributed by atoms with Gasteiger partial charge in [-0.3, -0.25) is 10.2 Å². The van der Waals surface area contributed by atoms with Crippen LogP contribution < -0.4 is 0 Å². The van der Waals surface area contributed by atoms with E-state index in [4.69, 9.17) is 4.74 Å². The molecule has 1 rings (SSSR count). The minimum Gasteiger partial charge on any atom is -0.378 e. The molecule has 0 aromatic heterocycles. The Balaban J connectivity index is 0.00000196. The maximum Gasteiger partial charge on any atom is 0.131 e. The molecule has 15 heavy (non-hydrogen) atoms. The third-order valence-corrected chi connectivity index (χ3v) is 2.35. The van der Waals surface area contributed by atoms with Gasteiger partial charge in [0.05, 0.1) is 6.10 Å². The second kappa shape index (κ2) is 6.46. The number of carbonyl (C=O) groups is 1. The van der Waals surface area contributed by atoms with Crippen LogP contribution in [0, 0.1) is 25.2 Å². The van der Waals surface area contributed by atoms with Crippen molar-refractivity contribution < 1.29 is 42.2 Å². The molecule has 1 aliphatic carbocycles. The van der Waals surface area contributed by atoms with Gasteiger partial charge < -0.3 is 18.6 Å². The second-order valence-corrected chi connectivity index (χ2v) is 4.97. The normalized spacial score (nSPS) is 25.1. The van der Waals surface area contributed by atoms with Gasteiger partial charge in [-0.2, -0.15) is 0 Å². The molecular weight excluding hydrogens is 265 g/mol. The third kappa shape index (κ3) is 6.13. The molecule has 1 saturated carbocycles. The monoisotopic (exact) mass is 285 g/mol.